The molecule has 1 N–H and O–H groups in total. The summed E-state index contributed by atoms with van der Waals surface area (Å²) in [6, 6.07) is 11.4. The van der Waals surface area contributed by atoms with Gasteiger partial charge in [0.25, 0.3) is 5.91 Å². The molecule has 2 aromatic rings. The van der Waals surface area contributed by atoms with Crippen LogP contribution in [0, 0.1) is 5.82 Å². The third-order valence-electron chi connectivity index (χ3n) is 3.24. The summed E-state index contributed by atoms with van der Waals surface area (Å²) in [6.07, 6.45) is 1.14. The molecule has 0 fully saturated rings. The number of carbonyl (C=O) groups is 1. The molecule has 2 aromatic carbocycles. The van der Waals surface area contributed by atoms with E-state index in [1.165, 1.54) is 30.3 Å². The van der Waals surface area contributed by atoms with E-state index in [1.807, 2.05) is 0 Å². The lowest BCUT2D eigenvalue weighted by Gasteiger charge is -2.15. The summed E-state index contributed by atoms with van der Waals surface area (Å²) in [5, 5.41) is 2.74. The highest BCUT2D eigenvalue weighted by molar-refractivity contribution is 7.90. The summed E-state index contributed by atoms with van der Waals surface area (Å²) in [5.41, 5.74) is 0.997. The van der Waals surface area contributed by atoms with Gasteiger partial charge in [0.15, 0.2) is 9.84 Å². The Morgan fingerprint density at radius 3 is 2.32 bits per heavy atom. The van der Waals surface area contributed by atoms with E-state index in [4.69, 9.17) is 0 Å². The first kappa shape index (κ1) is 16.2. The molecule has 0 saturated carbocycles. The highest BCUT2D eigenvalue weighted by atomic mass is 32.2. The van der Waals surface area contributed by atoms with E-state index in [9.17, 15) is 17.6 Å². The average Bonchev–Trinajstić information content (AvgIpc) is 2.46. The standard InChI is InChI=1S/C16H16FNO3S/c1-11(12-6-8-15(9-7-12)22(2,20)21)18-16(19)13-4-3-5-14(17)10-13/h3-11H,1-2H3,(H,18,19)/t11-/m0/s1. The van der Waals surface area contributed by atoms with Gasteiger partial charge in [-0.25, -0.2) is 12.8 Å². The average molecular weight is 321 g/mol. The molecule has 0 unspecified atom stereocenters. The third kappa shape index (κ3) is 3.92. The number of hydrogen-bond donors (Lipinski definition) is 1. The fraction of sp³-hybridized carbons (Fsp3) is 0.188. The van der Waals surface area contributed by atoms with Crippen LogP contribution in [0.4, 0.5) is 4.39 Å². The molecular formula is C16H16FNO3S. The monoisotopic (exact) mass is 321 g/mol. The van der Waals surface area contributed by atoms with Gasteiger partial charge < -0.3 is 5.32 Å². The topological polar surface area (TPSA) is 63.2 Å². The van der Waals surface area contributed by atoms with Gasteiger partial charge in [0.2, 0.25) is 0 Å². The number of carbonyl (C=O) groups excluding carboxylic acids is 1. The van der Waals surface area contributed by atoms with Crippen LogP contribution in [0.1, 0.15) is 28.9 Å². The molecule has 0 spiro atoms. The maximum Gasteiger partial charge on any atom is 0.251 e. The van der Waals surface area contributed by atoms with Crippen LogP contribution in [-0.2, 0) is 9.84 Å². The Balaban J connectivity index is 2.12. The lowest BCUT2D eigenvalue weighted by Crippen LogP contribution is -2.26. The van der Waals surface area contributed by atoms with Crippen molar-refractivity contribution in [3.63, 3.8) is 0 Å². The summed E-state index contributed by atoms with van der Waals surface area (Å²) in [6.45, 7) is 1.77. The van der Waals surface area contributed by atoms with Gasteiger partial charge in [-0.2, -0.15) is 0 Å². The van der Waals surface area contributed by atoms with Crippen LogP contribution in [0.15, 0.2) is 53.4 Å². The molecule has 0 heterocycles. The van der Waals surface area contributed by atoms with Crippen molar-refractivity contribution >= 4 is 15.7 Å². The second-order valence-corrected chi connectivity index (χ2v) is 7.06. The highest BCUT2D eigenvalue weighted by Gasteiger charge is 2.13. The van der Waals surface area contributed by atoms with E-state index >= 15 is 0 Å². The van der Waals surface area contributed by atoms with Crippen molar-refractivity contribution in [1.82, 2.24) is 5.32 Å². The van der Waals surface area contributed by atoms with Crippen LogP contribution in [-0.4, -0.2) is 20.6 Å². The zero-order chi connectivity index (χ0) is 16.3. The number of benzene rings is 2. The van der Waals surface area contributed by atoms with Crippen LogP contribution in [0.25, 0.3) is 0 Å². The van der Waals surface area contributed by atoms with Crippen LogP contribution in [0.2, 0.25) is 0 Å². The van der Waals surface area contributed by atoms with Crippen LogP contribution >= 0.6 is 0 Å². The number of amides is 1. The molecule has 4 nitrogen and oxygen atoms in total. The molecule has 116 valence electrons. The van der Waals surface area contributed by atoms with Crippen molar-refractivity contribution in [1.29, 1.82) is 0 Å². The molecular weight excluding hydrogens is 305 g/mol. The molecule has 0 bridgehead atoms. The van der Waals surface area contributed by atoms with Gasteiger partial charge in [-0.05, 0) is 42.8 Å². The zero-order valence-electron chi connectivity index (χ0n) is 12.2. The van der Waals surface area contributed by atoms with Gasteiger partial charge >= 0.3 is 0 Å². The second kappa shape index (κ2) is 6.27. The maximum absolute atomic E-state index is 13.1. The number of sulfone groups is 1. The van der Waals surface area contributed by atoms with Crippen molar-refractivity contribution < 1.29 is 17.6 Å². The largest absolute Gasteiger partial charge is 0.346 e. The van der Waals surface area contributed by atoms with Gasteiger partial charge in [0.05, 0.1) is 10.9 Å². The van der Waals surface area contributed by atoms with Crippen LogP contribution in [0.5, 0.6) is 0 Å². The molecule has 6 heteroatoms. The van der Waals surface area contributed by atoms with Gasteiger partial charge in [-0.3, -0.25) is 4.79 Å². The van der Waals surface area contributed by atoms with Crippen molar-refractivity contribution in [2.45, 2.75) is 17.9 Å². The first-order valence-electron chi connectivity index (χ1n) is 6.64. The number of halogens is 1. The van der Waals surface area contributed by atoms with E-state index in [-0.39, 0.29) is 22.4 Å². The van der Waals surface area contributed by atoms with E-state index in [0.717, 1.165) is 17.9 Å². The molecule has 0 aromatic heterocycles. The molecule has 0 radical (unpaired) electrons. The first-order valence-corrected chi connectivity index (χ1v) is 8.53. The van der Waals surface area contributed by atoms with Gasteiger partial charge in [0, 0.05) is 11.8 Å². The zero-order valence-corrected chi connectivity index (χ0v) is 13.0. The van der Waals surface area contributed by atoms with E-state index < -0.39 is 15.7 Å². The molecule has 0 saturated heterocycles. The van der Waals surface area contributed by atoms with E-state index in [0.29, 0.717) is 0 Å². The van der Waals surface area contributed by atoms with E-state index in [1.54, 1.807) is 19.1 Å². The predicted octanol–water partition coefficient (Wildman–Crippen LogP) is 2.72. The quantitative estimate of drug-likeness (QED) is 0.942. The summed E-state index contributed by atoms with van der Waals surface area (Å²) in [5.74, 6) is -0.864. The molecule has 0 aliphatic heterocycles. The number of nitrogens with one attached hydrogen (secondary N) is 1. The minimum Gasteiger partial charge on any atom is -0.346 e. The van der Waals surface area contributed by atoms with Crippen molar-refractivity contribution in [2.24, 2.45) is 0 Å². The summed E-state index contributed by atoms with van der Waals surface area (Å²) >= 11 is 0. The van der Waals surface area contributed by atoms with Crippen molar-refractivity contribution in [3.8, 4) is 0 Å². The smallest absolute Gasteiger partial charge is 0.251 e. The Hall–Kier alpha value is -2.21. The summed E-state index contributed by atoms with van der Waals surface area (Å²) < 4.78 is 35.9. The third-order valence-corrected chi connectivity index (χ3v) is 4.37. The Labute approximate surface area is 128 Å². The Kier molecular flexibility index (Phi) is 4.61. The fourth-order valence-corrected chi connectivity index (χ4v) is 2.63. The molecule has 22 heavy (non-hydrogen) atoms. The van der Waals surface area contributed by atoms with Crippen LogP contribution in [0.3, 0.4) is 0 Å². The Morgan fingerprint density at radius 2 is 1.77 bits per heavy atom. The lowest BCUT2D eigenvalue weighted by atomic mass is 10.1. The normalized spacial score (nSPS) is 12.7. The minimum atomic E-state index is -3.25. The van der Waals surface area contributed by atoms with Gasteiger partial charge in [-0.1, -0.05) is 18.2 Å². The summed E-state index contributed by atoms with van der Waals surface area (Å²) in [4.78, 5) is 12.3. The molecule has 1 atom stereocenters. The first-order chi connectivity index (χ1) is 10.3. The predicted molar refractivity (Wildman–Crippen MR) is 81.8 cm³/mol. The Bertz CT molecular complexity index is 785. The number of rotatable bonds is 4. The van der Waals surface area contributed by atoms with Crippen LogP contribution < -0.4 is 5.32 Å². The van der Waals surface area contributed by atoms with E-state index in [2.05, 4.69) is 5.32 Å². The second-order valence-electron chi connectivity index (χ2n) is 5.05. The minimum absolute atomic E-state index is 0.222. The SMILES string of the molecule is C[C@H](NC(=O)c1cccc(F)c1)c1ccc(S(C)(=O)=O)cc1. The highest BCUT2D eigenvalue weighted by Crippen LogP contribution is 2.17. The van der Waals surface area contributed by atoms with Gasteiger partial charge in [0.1, 0.15) is 5.82 Å². The molecule has 0 aliphatic rings. The fourth-order valence-electron chi connectivity index (χ4n) is 2.00. The molecule has 1 amide bonds. The number of hydrogen-bond acceptors (Lipinski definition) is 3. The molecule has 2 rings (SSSR count). The van der Waals surface area contributed by atoms with Crippen molar-refractivity contribution in [2.75, 3.05) is 6.26 Å². The van der Waals surface area contributed by atoms with Gasteiger partial charge in [-0.15, -0.1) is 0 Å². The Morgan fingerprint density at radius 1 is 1.14 bits per heavy atom. The van der Waals surface area contributed by atoms with Crippen molar-refractivity contribution in [3.05, 3.63) is 65.5 Å². The molecule has 0 aliphatic carbocycles. The maximum atomic E-state index is 13.1. The lowest BCUT2D eigenvalue weighted by molar-refractivity contribution is 0.0939. The summed E-state index contributed by atoms with van der Waals surface area (Å²) in [7, 11) is -3.25.